The van der Waals surface area contributed by atoms with Gasteiger partial charge in [-0.05, 0) is 23.8 Å². The van der Waals surface area contributed by atoms with E-state index in [1.54, 1.807) is 0 Å². The molecule has 0 aliphatic carbocycles. The number of hydrogen-bond acceptors (Lipinski definition) is 0. The van der Waals surface area contributed by atoms with Crippen LogP contribution in [0.2, 0.25) is 0 Å². The van der Waals surface area contributed by atoms with Crippen LogP contribution in [0.1, 0.15) is 5.56 Å². The summed E-state index contributed by atoms with van der Waals surface area (Å²) in [4.78, 5) is 3.57. The Labute approximate surface area is 146 Å². The molecular formula is C23H18N2. The van der Waals surface area contributed by atoms with Gasteiger partial charge in [0.15, 0.2) is 0 Å². The van der Waals surface area contributed by atoms with Gasteiger partial charge in [0.2, 0.25) is 0 Å². The predicted molar refractivity (Wildman–Crippen MR) is 105 cm³/mol. The number of fused-ring (bicyclic) bond motifs is 2. The molecular weight excluding hydrogens is 304 g/mol. The number of aromatic amines is 1. The highest BCUT2D eigenvalue weighted by Gasteiger charge is 2.12. The molecule has 5 rings (SSSR count). The molecule has 2 nitrogen and oxygen atoms in total. The van der Waals surface area contributed by atoms with Gasteiger partial charge in [0, 0.05) is 45.8 Å². The van der Waals surface area contributed by atoms with Gasteiger partial charge in [0.1, 0.15) is 0 Å². The number of aromatic nitrogens is 2. The van der Waals surface area contributed by atoms with Crippen LogP contribution in [-0.2, 0) is 6.54 Å². The Morgan fingerprint density at radius 3 is 2.40 bits per heavy atom. The van der Waals surface area contributed by atoms with E-state index in [0.717, 1.165) is 6.54 Å². The number of nitrogens with zero attached hydrogens (tertiary/aromatic N) is 1. The first-order valence-corrected chi connectivity index (χ1v) is 8.58. The van der Waals surface area contributed by atoms with Crippen molar-refractivity contribution in [3.05, 3.63) is 96.7 Å². The Balaban J connectivity index is 1.68. The molecule has 0 atom stereocenters. The summed E-state index contributed by atoms with van der Waals surface area (Å²) >= 11 is 0. The van der Waals surface area contributed by atoms with Gasteiger partial charge in [-0.1, -0.05) is 66.7 Å². The molecule has 0 saturated carbocycles. The second kappa shape index (κ2) is 5.67. The summed E-state index contributed by atoms with van der Waals surface area (Å²) in [6, 6.07) is 29.9. The van der Waals surface area contributed by atoms with Gasteiger partial charge in [0.25, 0.3) is 0 Å². The zero-order chi connectivity index (χ0) is 16.6. The number of H-pyrrole nitrogens is 1. The molecule has 3 aromatic carbocycles. The van der Waals surface area contributed by atoms with Crippen molar-refractivity contribution in [1.29, 1.82) is 0 Å². The lowest BCUT2D eigenvalue weighted by molar-refractivity contribution is 0.837. The molecule has 0 saturated heterocycles. The minimum absolute atomic E-state index is 0.877. The summed E-state index contributed by atoms with van der Waals surface area (Å²) in [7, 11) is 0. The molecule has 0 radical (unpaired) electrons. The highest BCUT2D eigenvalue weighted by Crippen LogP contribution is 2.32. The molecule has 2 aromatic heterocycles. The smallest absolute Gasteiger partial charge is 0.0490 e. The zero-order valence-electron chi connectivity index (χ0n) is 13.8. The molecule has 1 N–H and O–H groups in total. The molecule has 120 valence electrons. The van der Waals surface area contributed by atoms with E-state index in [1.165, 1.54) is 38.6 Å². The van der Waals surface area contributed by atoms with Crippen molar-refractivity contribution in [2.45, 2.75) is 6.54 Å². The van der Waals surface area contributed by atoms with Crippen LogP contribution in [0.25, 0.3) is 33.1 Å². The first-order valence-electron chi connectivity index (χ1n) is 8.58. The van der Waals surface area contributed by atoms with Gasteiger partial charge >= 0.3 is 0 Å². The fraction of sp³-hybridized carbons (Fsp3) is 0.0435. The van der Waals surface area contributed by atoms with E-state index in [9.17, 15) is 0 Å². The predicted octanol–water partition coefficient (Wildman–Crippen LogP) is 5.84. The third kappa shape index (κ3) is 2.43. The van der Waals surface area contributed by atoms with E-state index >= 15 is 0 Å². The van der Waals surface area contributed by atoms with Gasteiger partial charge in [0.05, 0.1) is 0 Å². The van der Waals surface area contributed by atoms with Gasteiger partial charge in [-0.15, -0.1) is 0 Å². The van der Waals surface area contributed by atoms with Crippen LogP contribution in [-0.4, -0.2) is 9.55 Å². The van der Waals surface area contributed by atoms with Crippen LogP contribution in [0.5, 0.6) is 0 Å². The van der Waals surface area contributed by atoms with E-state index in [1.807, 2.05) is 0 Å². The van der Waals surface area contributed by atoms with Gasteiger partial charge in [-0.2, -0.15) is 0 Å². The SMILES string of the molecule is c1ccc(Cn2cc(-c3cc4ccccc4[nH]3)c3ccccc32)cc1. The Morgan fingerprint density at radius 2 is 1.52 bits per heavy atom. The van der Waals surface area contributed by atoms with Crippen LogP contribution in [0.15, 0.2) is 91.1 Å². The minimum atomic E-state index is 0.877. The number of nitrogens with one attached hydrogen (secondary N) is 1. The largest absolute Gasteiger partial charge is 0.354 e. The number of rotatable bonds is 3. The first-order chi connectivity index (χ1) is 12.4. The second-order valence-electron chi connectivity index (χ2n) is 6.44. The molecule has 0 bridgehead atoms. The third-order valence-corrected chi connectivity index (χ3v) is 4.80. The maximum Gasteiger partial charge on any atom is 0.0490 e. The quantitative estimate of drug-likeness (QED) is 0.431. The van der Waals surface area contributed by atoms with Crippen molar-refractivity contribution in [2.24, 2.45) is 0 Å². The summed E-state index contributed by atoms with van der Waals surface area (Å²) in [6.07, 6.45) is 2.27. The molecule has 0 fully saturated rings. The zero-order valence-corrected chi connectivity index (χ0v) is 13.8. The Morgan fingerprint density at radius 1 is 0.760 bits per heavy atom. The van der Waals surface area contributed by atoms with Crippen molar-refractivity contribution >= 4 is 21.8 Å². The van der Waals surface area contributed by atoms with Crippen LogP contribution in [0.4, 0.5) is 0 Å². The molecule has 2 heterocycles. The Kier molecular flexibility index (Phi) is 3.20. The summed E-state index contributed by atoms with van der Waals surface area (Å²) < 4.78 is 2.34. The van der Waals surface area contributed by atoms with E-state index < -0.39 is 0 Å². The molecule has 0 amide bonds. The maximum atomic E-state index is 3.57. The fourth-order valence-electron chi connectivity index (χ4n) is 3.59. The van der Waals surface area contributed by atoms with Crippen molar-refractivity contribution in [1.82, 2.24) is 9.55 Å². The van der Waals surface area contributed by atoms with Crippen LogP contribution < -0.4 is 0 Å². The Hall–Kier alpha value is -3.26. The van der Waals surface area contributed by atoms with E-state index in [0.29, 0.717) is 0 Å². The lowest BCUT2D eigenvalue weighted by Gasteiger charge is -2.05. The van der Waals surface area contributed by atoms with Gasteiger partial charge in [-0.25, -0.2) is 0 Å². The van der Waals surface area contributed by atoms with Gasteiger partial charge < -0.3 is 9.55 Å². The molecule has 0 unspecified atom stereocenters. The van der Waals surface area contributed by atoms with Crippen molar-refractivity contribution in [3.8, 4) is 11.3 Å². The van der Waals surface area contributed by atoms with Crippen LogP contribution in [0.3, 0.4) is 0 Å². The number of para-hydroxylation sites is 2. The highest BCUT2D eigenvalue weighted by atomic mass is 15.0. The average Bonchev–Trinajstić information content (AvgIpc) is 3.24. The standard InChI is InChI=1S/C23H18N2/c1-2-8-17(9-3-1)15-25-16-20(19-11-5-7-13-23(19)25)22-14-18-10-4-6-12-21(18)24-22/h1-14,16,24H,15H2. The van der Waals surface area contributed by atoms with E-state index in [-0.39, 0.29) is 0 Å². The summed E-state index contributed by atoms with van der Waals surface area (Å²) in [5, 5.41) is 2.53. The van der Waals surface area contributed by atoms with Crippen molar-refractivity contribution in [3.63, 3.8) is 0 Å². The first kappa shape index (κ1) is 14.1. The lowest BCUT2D eigenvalue weighted by atomic mass is 10.1. The van der Waals surface area contributed by atoms with Crippen LogP contribution >= 0.6 is 0 Å². The summed E-state index contributed by atoms with van der Waals surface area (Å²) in [6.45, 7) is 0.877. The van der Waals surface area contributed by atoms with Crippen molar-refractivity contribution < 1.29 is 0 Å². The third-order valence-electron chi connectivity index (χ3n) is 4.80. The summed E-state index contributed by atoms with van der Waals surface area (Å²) in [5.41, 5.74) is 6.18. The van der Waals surface area contributed by atoms with Crippen LogP contribution in [0, 0.1) is 0 Å². The summed E-state index contributed by atoms with van der Waals surface area (Å²) in [5.74, 6) is 0. The van der Waals surface area contributed by atoms with Crippen molar-refractivity contribution in [2.75, 3.05) is 0 Å². The normalized spacial score (nSPS) is 11.4. The van der Waals surface area contributed by atoms with E-state index in [2.05, 4.69) is 101 Å². The number of hydrogen-bond donors (Lipinski definition) is 1. The lowest BCUT2D eigenvalue weighted by Crippen LogP contribution is -1.97. The maximum absolute atomic E-state index is 3.57. The molecule has 25 heavy (non-hydrogen) atoms. The molecule has 5 aromatic rings. The molecule has 2 heteroatoms. The second-order valence-corrected chi connectivity index (χ2v) is 6.44. The van der Waals surface area contributed by atoms with E-state index in [4.69, 9.17) is 0 Å². The average molecular weight is 322 g/mol. The molecule has 0 aliphatic rings. The highest BCUT2D eigenvalue weighted by molar-refractivity contribution is 5.98. The topological polar surface area (TPSA) is 20.7 Å². The molecule has 0 aliphatic heterocycles. The minimum Gasteiger partial charge on any atom is -0.354 e. The molecule has 0 spiro atoms. The number of benzene rings is 3. The Bertz CT molecular complexity index is 1130. The monoisotopic (exact) mass is 322 g/mol. The van der Waals surface area contributed by atoms with Gasteiger partial charge in [-0.3, -0.25) is 0 Å². The fourth-order valence-corrected chi connectivity index (χ4v) is 3.59.